The lowest BCUT2D eigenvalue weighted by Gasteiger charge is -2.05. The van der Waals surface area contributed by atoms with Gasteiger partial charge in [-0.1, -0.05) is 30.3 Å². The number of rotatable bonds is 4. The molecule has 0 fully saturated rings. The van der Waals surface area contributed by atoms with Gasteiger partial charge in [0.15, 0.2) is 14.6 Å². The van der Waals surface area contributed by atoms with Crippen molar-refractivity contribution in [3.8, 4) is 0 Å². The van der Waals surface area contributed by atoms with Crippen LogP contribution in [-0.2, 0) is 22.6 Å². The first-order chi connectivity index (χ1) is 12.0. The Hall–Kier alpha value is -2.51. The van der Waals surface area contributed by atoms with Gasteiger partial charge < -0.3 is 4.57 Å². The molecule has 0 atom stereocenters. The van der Waals surface area contributed by atoms with E-state index in [4.69, 9.17) is 0 Å². The molecule has 0 aliphatic rings. The Morgan fingerprint density at radius 2 is 1.88 bits per heavy atom. The van der Waals surface area contributed by atoms with E-state index in [9.17, 15) is 13.2 Å². The van der Waals surface area contributed by atoms with E-state index in [1.807, 2.05) is 18.6 Å². The number of nitrogens with zero attached hydrogens (tertiary/aromatic N) is 2. The first-order valence-corrected chi connectivity index (χ1v) is 10.0. The number of sulfone groups is 1. The first kappa shape index (κ1) is 17.3. The molecule has 128 valence electrons. The summed E-state index contributed by atoms with van der Waals surface area (Å²) in [7, 11) is -1.65. The highest BCUT2D eigenvalue weighted by Crippen LogP contribution is 2.17. The zero-order chi connectivity index (χ0) is 17.9. The fraction of sp³-hybridized carbons (Fsp3) is 0.111. The summed E-state index contributed by atoms with van der Waals surface area (Å²) < 4.78 is 26.7. The Morgan fingerprint density at radius 1 is 1.12 bits per heavy atom. The molecule has 0 spiro atoms. The number of hydrogen-bond acceptors (Lipinski definition) is 4. The fourth-order valence-electron chi connectivity index (χ4n) is 2.31. The number of benzene rings is 2. The highest BCUT2D eigenvalue weighted by molar-refractivity contribution is 7.90. The van der Waals surface area contributed by atoms with Crippen molar-refractivity contribution in [3.63, 3.8) is 0 Å². The minimum Gasteiger partial charge on any atom is -0.327 e. The Morgan fingerprint density at radius 3 is 2.56 bits per heavy atom. The van der Waals surface area contributed by atoms with E-state index in [2.05, 4.69) is 4.99 Å². The molecule has 0 unspecified atom stereocenters. The first-order valence-electron chi connectivity index (χ1n) is 7.52. The monoisotopic (exact) mass is 372 g/mol. The van der Waals surface area contributed by atoms with Gasteiger partial charge in [0.05, 0.1) is 10.6 Å². The molecule has 0 saturated carbocycles. The van der Waals surface area contributed by atoms with E-state index in [1.165, 1.54) is 11.3 Å². The quantitative estimate of drug-likeness (QED) is 0.707. The highest BCUT2D eigenvalue weighted by Gasteiger charge is 2.16. The summed E-state index contributed by atoms with van der Waals surface area (Å²) in [5.74, 6) is -0.553. The maximum Gasteiger partial charge on any atom is 0.279 e. The standard InChI is InChI=1S/C18H16N2O3S2/c1-20-10-11-24-18(20)19-17(21)15-7-5-6-14(12-15)13-25(22,23)16-8-3-2-4-9-16/h2-12H,13H2,1H3. The number of thiazole rings is 1. The third-order valence-electron chi connectivity index (χ3n) is 3.59. The zero-order valence-corrected chi connectivity index (χ0v) is 15.1. The molecule has 1 heterocycles. The van der Waals surface area contributed by atoms with Crippen molar-refractivity contribution in [1.29, 1.82) is 0 Å². The molecule has 0 bridgehead atoms. The highest BCUT2D eigenvalue weighted by atomic mass is 32.2. The fourth-order valence-corrected chi connectivity index (χ4v) is 4.40. The van der Waals surface area contributed by atoms with E-state index in [0.717, 1.165) is 0 Å². The maximum atomic E-state index is 12.5. The summed E-state index contributed by atoms with van der Waals surface area (Å²) >= 11 is 1.36. The second-order valence-corrected chi connectivity index (χ2v) is 8.35. The molecule has 3 aromatic rings. The molecule has 0 radical (unpaired) electrons. The van der Waals surface area contributed by atoms with Crippen LogP contribution in [0.25, 0.3) is 0 Å². The largest absolute Gasteiger partial charge is 0.327 e. The summed E-state index contributed by atoms with van der Waals surface area (Å²) in [5, 5.41) is 1.84. The minimum absolute atomic E-state index is 0.162. The number of carbonyl (C=O) groups excluding carboxylic acids is 1. The van der Waals surface area contributed by atoms with Crippen LogP contribution in [0.3, 0.4) is 0 Å². The molecule has 0 aliphatic carbocycles. The van der Waals surface area contributed by atoms with Gasteiger partial charge in [-0.25, -0.2) is 8.42 Å². The number of amides is 1. The summed E-state index contributed by atoms with van der Waals surface area (Å²) in [6, 6.07) is 14.9. The van der Waals surface area contributed by atoms with Gasteiger partial charge in [0.2, 0.25) is 0 Å². The lowest BCUT2D eigenvalue weighted by atomic mass is 10.1. The molecule has 3 rings (SSSR count). The number of aryl methyl sites for hydroxylation is 1. The Kier molecular flexibility index (Phi) is 4.96. The molecule has 25 heavy (non-hydrogen) atoms. The van der Waals surface area contributed by atoms with Crippen LogP contribution in [0.5, 0.6) is 0 Å². The van der Waals surface area contributed by atoms with Crippen molar-refractivity contribution >= 4 is 27.1 Å². The molecule has 1 aromatic heterocycles. The minimum atomic E-state index is -3.46. The molecule has 0 N–H and O–H groups in total. The molecular weight excluding hydrogens is 356 g/mol. The van der Waals surface area contributed by atoms with E-state index in [0.29, 0.717) is 15.9 Å². The van der Waals surface area contributed by atoms with Crippen LogP contribution in [0.15, 0.2) is 76.1 Å². The van der Waals surface area contributed by atoms with Crippen LogP contribution in [0.4, 0.5) is 0 Å². The Bertz CT molecular complexity index is 1060. The summed E-state index contributed by atoms with van der Waals surface area (Å²) in [4.78, 5) is 17.3. The number of hydrogen-bond donors (Lipinski definition) is 0. The number of carbonyl (C=O) groups is 1. The van der Waals surface area contributed by atoms with Gasteiger partial charge in [0, 0.05) is 24.2 Å². The van der Waals surface area contributed by atoms with Gasteiger partial charge >= 0.3 is 0 Å². The van der Waals surface area contributed by atoms with Crippen molar-refractivity contribution in [3.05, 3.63) is 82.1 Å². The van der Waals surface area contributed by atoms with E-state index < -0.39 is 15.7 Å². The third kappa shape index (κ3) is 4.12. The predicted molar refractivity (Wildman–Crippen MR) is 97.0 cm³/mol. The van der Waals surface area contributed by atoms with E-state index in [-0.39, 0.29) is 10.6 Å². The smallest absolute Gasteiger partial charge is 0.279 e. The SMILES string of the molecule is Cn1ccsc1=NC(=O)c1cccc(CS(=O)(=O)c2ccccc2)c1. The number of aromatic nitrogens is 1. The summed E-state index contributed by atoms with van der Waals surface area (Å²) in [6.45, 7) is 0. The molecule has 1 amide bonds. The van der Waals surface area contributed by atoms with Crippen LogP contribution in [0.2, 0.25) is 0 Å². The van der Waals surface area contributed by atoms with Crippen molar-refractivity contribution in [2.75, 3.05) is 0 Å². The van der Waals surface area contributed by atoms with E-state index in [1.54, 1.807) is 59.2 Å². The van der Waals surface area contributed by atoms with Gasteiger partial charge in [-0.2, -0.15) is 4.99 Å². The Balaban J connectivity index is 1.88. The van der Waals surface area contributed by atoms with Gasteiger partial charge in [0.1, 0.15) is 0 Å². The average molecular weight is 372 g/mol. The van der Waals surface area contributed by atoms with Gasteiger partial charge in [-0.3, -0.25) is 4.79 Å². The van der Waals surface area contributed by atoms with Gasteiger partial charge in [-0.05, 0) is 29.8 Å². The van der Waals surface area contributed by atoms with Crippen LogP contribution in [0.1, 0.15) is 15.9 Å². The molecule has 0 saturated heterocycles. The van der Waals surface area contributed by atoms with Crippen LogP contribution in [0, 0.1) is 0 Å². The zero-order valence-electron chi connectivity index (χ0n) is 13.5. The van der Waals surface area contributed by atoms with Crippen LogP contribution < -0.4 is 4.80 Å². The van der Waals surface area contributed by atoms with Gasteiger partial charge in [0.25, 0.3) is 5.91 Å². The normalized spacial score (nSPS) is 12.3. The van der Waals surface area contributed by atoms with Crippen molar-refractivity contribution in [2.45, 2.75) is 10.6 Å². The predicted octanol–water partition coefficient (Wildman–Crippen LogP) is 2.80. The van der Waals surface area contributed by atoms with Crippen molar-refractivity contribution in [2.24, 2.45) is 12.0 Å². The van der Waals surface area contributed by atoms with Crippen molar-refractivity contribution in [1.82, 2.24) is 4.57 Å². The van der Waals surface area contributed by atoms with Crippen LogP contribution >= 0.6 is 11.3 Å². The lowest BCUT2D eigenvalue weighted by Crippen LogP contribution is -2.13. The molecule has 5 nitrogen and oxygen atoms in total. The molecule has 0 aliphatic heterocycles. The molecule has 2 aromatic carbocycles. The molecule has 7 heteroatoms. The Labute approximate surface area is 149 Å². The van der Waals surface area contributed by atoms with Gasteiger partial charge in [-0.15, -0.1) is 11.3 Å². The van der Waals surface area contributed by atoms with Crippen molar-refractivity contribution < 1.29 is 13.2 Å². The second kappa shape index (κ2) is 7.16. The maximum absolute atomic E-state index is 12.5. The van der Waals surface area contributed by atoms with E-state index >= 15 is 0 Å². The lowest BCUT2D eigenvalue weighted by molar-refractivity contribution is 0.0997. The second-order valence-electron chi connectivity index (χ2n) is 5.49. The summed E-state index contributed by atoms with van der Waals surface area (Å²) in [5.41, 5.74) is 0.926. The average Bonchev–Trinajstić information content (AvgIpc) is 3.00. The van der Waals surface area contributed by atoms with Crippen LogP contribution in [-0.4, -0.2) is 18.9 Å². The third-order valence-corrected chi connectivity index (χ3v) is 6.14. The summed E-state index contributed by atoms with van der Waals surface area (Å²) in [6.07, 6.45) is 1.82. The molecular formula is C18H16N2O3S2. The topological polar surface area (TPSA) is 68.5 Å².